The summed E-state index contributed by atoms with van der Waals surface area (Å²) in [6.07, 6.45) is 2.77. The van der Waals surface area contributed by atoms with Crippen LogP contribution in [0, 0.1) is 0 Å². The lowest BCUT2D eigenvalue weighted by molar-refractivity contribution is 0.144. The first-order chi connectivity index (χ1) is 16.9. The van der Waals surface area contributed by atoms with Crippen molar-refractivity contribution in [2.24, 2.45) is 0 Å². The fraction of sp³-hybridized carbons (Fsp3) is 0.222. The van der Waals surface area contributed by atoms with E-state index in [9.17, 15) is 24.6 Å². The van der Waals surface area contributed by atoms with Crippen LogP contribution in [0.4, 0.5) is 4.79 Å². The summed E-state index contributed by atoms with van der Waals surface area (Å²) in [6, 6.07) is 17.9. The lowest BCUT2D eigenvalue weighted by atomic mass is 9.71. The van der Waals surface area contributed by atoms with Gasteiger partial charge in [-0.25, -0.2) is 4.79 Å². The van der Waals surface area contributed by atoms with Crippen LogP contribution < -0.4 is 16.3 Å². The third kappa shape index (κ3) is 3.91. The average molecular weight is 472 g/mol. The molecular formula is C27H24N2O6. The van der Waals surface area contributed by atoms with E-state index in [1.54, 1.807) is 24.3 Å². The van der Waals surface area contributed by atoms with E-state index >= 15 is 0 Å². The lowest BCUT2D eigenvalue weighted by Crippen LogP contribution is -2.50. The van der Waals surface area contributed by atoms with Crippen molar-refractivity contribution in [3.63, 3.8) is 0 Å². The van der Waals surface area contributed by atoms with Gasteiger partial charge in [-0.1, -0.05) is 54.6 Å². The fourth-order valence-corrected chi connectivity index (χ4v) is 4.74. The quantitative estimate of drug-likeness (QED) is 0.391. The van der Waals surface area contributed by atoms with Crippen molar-refractivity contribution in [2.45, 2.75) is 31.3 Å². The summed E-state index contributed by atoms with van der Waals surface area (Å²) in [5.41, 5.74) is 0.907. The SMILES string of the molecule is O=C(O)NC1(c2ccc(-c3c(-c4ccccc4)oc4c(=O)n(CCO)ccc4c3=O)cc2)CCC1. The third-order valence-electron chi connectivity index (χ3n) is 6.68. The van der Waals surface area contributed by atoms with Gasteiger partial charge in [0, 0.05) is 18.3 Å². The van der Waals surface area contributed by atoms with Crippen LogP contribution in [0.2, 0.25) is 0 Å². The predicted molar refractivity (Wildman–Crippen MR) is 131 cm³/mol. The molecule has 0 bridgehead atoms. The van der Waals surface area contributed by atoms with E-state index in [0.717, 1.165) is 12.0 Å². The first kappa shape index (κ1) is 22.6. The van der Waals surface area contributed by atoms with Crippen LogP contribution in [-0.2, 0) is 12.1 Å². The molecule has 8 nitrogen and oxygen atoms in total. The second-order valence-corrected chi connectivity index (χ2v) is 8.73. The number of aromatic nitrogens is 1. The molecule has 2 heterocycles. The highest BCUT2D eigenvalue weighted by atomic mass is 16.4. The maximum Gasteiger partial charge on any atom is 0.405 e. The number of rotatable bonds is 6. The maximum atomic E-state index is 13.7. The molecule has 2 aromatic carbocycles. The van der Waals surface area contributed by atoms with E-state index in [-0.39, 0.29) is 35.3 Å². The summed E-state index contributed by atoms with van der Waals surface area (Å²) in [5.74, 6) is 0.275. The molecule has 8 heteroatoms. The number of aliphatic hydroxyl groups excluding tert-OH is 1. The van der Waals surface area contributed by atoms with Gasteiger partial charge in [0.15, 0.2) is 0 Å². The third-order valence-corrected chi connectivity index (χ3v) is 6.68. The van der Waals surface area contributed by atoms with Crippen molar-refractivity contribution in [3.05, 3.63) is 93.0 Å². The minimum atomic E-state index is -1.07. The number of carboxylic acid groups (broad SMARTS) is 1. The molecule has 2 aromatic heterocycles. The monoisotopic (exact) mass is 472 g/mol. The summed E-state index contributed by atoms with van der Waals surface area (Å²) >= 11 is 0. The van der Waals surface area contributed by atoms with Gasteiger partial charge in [-0.3, -0.25) is 9.59 Å². The predicted octanol–water partition coefficient (Wildman–Crippen LogP) is 3.93. The minimum Gasteiger partial charge on any atom is -0.465 e. The lowest BCUT2D eigenvalue weighted by Gasteiger charge is -2.42. The Kier molecular flexibility index (Phi) is 5.74. The molecule has 178 valence electrons. The highest BCUT2D eigenvalue weighted by molar-refractivity contribution is 5.88. The highest BCUT2D eigenvalue weighted by Crippen LogP contribution is 2.42. The number of amides is 1. The normalized spacial score (nSPS) is 14.4. The molecular weight excluding hydrogens is 448 g/mol. The van der Waals surface area contributed by atoms with Gasteiger partial charge in [0.05, 0.1) is 23.1 Å². The van der Waals surface area contributed by atoms with Crippen LogP contribution >= 0.6 is 0 Å². The zero-order chi connectivity index (χ0) is 24.6. The maximum absolute atomic E-state index is 13.7. The van der Waals surface area contributed by atoms with Crippen LogP contribution in [0.1, 0.15) is 24.8 Å². The van der Waals surface area contributed by atoms with Crippen molar-refractivity contribution >= 4 is 17.1 Å². The number of pyridine rings is 1. The number of benzene rings is 2. The summed E-state index contributed by atoms with van der Waals surface area (Å²) in [4.78, 5) is 38.0. The number of nitrogens with zero attached hydrogens (tertiary/aromatic N) is 1. The molecule has 1 aliphatic rings. The first-order valence-corrected chi connectivity index (χ1v) is 11.4. The van der Waals surface area contributed by atoms with Crippen molar-refractivity contribution < 1.29 is 19.4 Å². The van der Waals surface area contributed by atoms with Crippen molar-refractivity contribution in [1.29, 1.82) is 0 Å². The number of nitrogens with one attached hydrogen (secondary N) is 1. The molecule has 0 atom stereocenters. The Hall–Kier alpha value is -4.17. The Bertz CT molecular complexity index is 1520. The summed E-state index contributed by atoms with van der Waals surface area (Å²) in [5, 5.41) is 21.3. The molecule has 0 saturated heterocycles. The van der Waals surface area contributed by atoms with E-state index < -0.39 is 17.2 Å². The smallest absolute Gasteiger partial charge is 0.405 e. The zero-order valence-electron chi connectivity index (χ0n) is 18.9. The summed E-state index contributed by atoms with van der Waals surface area (Å²) < 4.78 is 7.42. The van der Waals surface area contributed by atoms with Crippen LogP contribution in [0.5, 0.6) is 0 Å². The number of aliphatic hydroxyl groups is 1. The number of hydrogen-bond acceptors (Lipinski definition) is 5. The molecule has 0 unspecified atom stereocenters. The molecule has 0 radical (unpaired) electrons. The molecule has 5 rings (SSSR count). The molecule has 1 saturated carbocycles. The Morgan fingerprint density at radius 1 is 1.00 bits per heavy atom. The average Bonchev–Trinajstić information content (AvgIpc) is 2.84. The molecule has 4 aromatic rings. The second-order valence-electron chi connectivity index (χ2n) is 8.73. The van der Waals surface area contributed by atoms with Gasteiger partial charge in [-0.05, 0) is 36.5 Å². The van der Waals surface area contributed by atoms with Crippen LogP contribution in [0.15, 0.2) is 80.9 Å². The molecule has 35 heavy (non-hydrogen) atoms. The molecule has 0 aliphatic heterocycles. The van der Waals surface area contributed by atoms with E-state index in [4.69, 9.17) is 4.42 Å². The number of carbonyl (C=O) groups is 1. The van der Waals surface area contributed by atoms with Crippen LogP contribution in [-0.4, -0.2) is 27.5 Å². The second kappa shape index (κ2) is 8.88. The van der Waals surface area contributed by atoms with Crippen molar-refractivity contribution in [3.8, 4) is 22.5 Å². The van der Waals surface area contributed by atoms with Gasteiger partial charge >= 0.3 is 6.09 Å². The van der Waals surface area contributed by atoms with Crippen LogP contribution in [0.3, 0.4) is 0 Å². The van der Waals surface area contributed by atoms with Crippen molar-refractivity contribution in [2.75, 3.05) is 6.61 Å². The molecule has 0 spiro atoms. The van der Waals surface area contributed by atoms with E-state index in [0.29, 0.717) is 29.5 Å². The van der Waals surface area contributed by atoms with Gasteiger partial charge in [0.1, 0.15) is 5.76 Å². The van der Waals surface area contributed by atoms with Gasteiger partial charge in [-0.15, -0.1) is 0 Å². The summed E-state index contributed by atoms with van der Waals surface area (Å²) in [7, 11) is 0. The standard InChI is InChI=1S/C27H24N2O6/c30-16-15-29-14-11-20-22(31)21(23(35-24(20)25(29)32)18-5-2-1-3-6-18)17-7-9-19(10-8-17)27(12-4-13-27)28-26(33)34/h1-3,5-11,14,28,30H,4,12-13,15-16H2,(H,33,34). The minimum absolute atomic E-state index is 0.0655. The van der Waals surface area contributed by atoms with Gasteiger partial charge in [0.2, 0.25) is 11.0 Å². The Labute approximate surface area is 200 Å². The number of fused-ring (bicyclic) bond motifs is 1. The molecule has 1 fully saturated rings. The van der Waals surface area contributed by atoms with Crippen LogP contribution in [0.25, 0.3) is 33.4 Å². The Morgan fingerprint density at radius 2 is 1.71 bits per heavy atom. The zero-order valence-corrected chi connectivity index (χ0v) is 18.9. The Balaban J connectivity index is 1.70. The Morgan fingerprint density at radius 3 is 2.31 bits per heavy atom. The number of hydrogen-bond donors (Lipinski definition) is 3. The van der Waals surface area contributed by atoms with Gasteiger partial charge in [0.25, 0.3) is 5.56 Å². The van der Waals surface area contributed by atoms with E-state index in [1.165, 1.54) is 16.8 Å². The fourth-order valence-electron chi connectivity index (χ4n) is 4.74. The first-order valence-electron chi connectivity index (χ1n) is 11.4. The van der Waals surface area contributed by atoms with Gasteiger partial charge in [-0.2, -0.15) is 0 Å². The molecule has 3 N–H and O–H groups in total. The van der Waals surface area contributed by atoms with Crippen molar-refractivity contribution in [1.82, 2.24) is 9.88 Å². The largest absolute Gasteiger partial charge is 0.465 e. The highest BCUT2D eigenvalue weighted by Gasteiger charge is 2.40. The van der Waals surface area contributed by atoms with E-state index in [1.807, 2.05) is 30.3 Å². The molecule has 1 amide bonds. The summed E-state index contributed by atoms with van der Waals surface area (Å²) in [6.45, 7) is -0.127. The van der Waals surface area contributed by atoms with Gasteiger partial charge < -0.3 is 24.5 Å². The molecule has 1 aliphatic carbocycles. The topological polar surface area (TPSA) is 122 Å². The van der Waals surface area contributed by atoms with E-state index in [2.05, 4.69) is 5.32 Å².